The number of fused-ring (bicyclic) bond motifs is 4. The molecule has 2 aromatic heterocycles. The number of rotatable bonds is 2. The lowest BCUT2D eigenvalue weighted by Gasteiger charge is -2.36. The molecular weight excluding hydrogens is 256 g/mol. The first-order valence-electron chi connectivity index (χ1n) is 7.00. The molecule has 0 amide bonds. The molecule has 0 radical (unpaired) electrons. The van der Waals surface area contributed by atoms with Crippen LogP contribution in [0.3, 0.4) is 0 Å². The summed E-state index contributed by atoms with van der Waals surface area (Å²) in [6, 6.07) is 5.03. The predicted octanol–water partition coefficient (Wildman–Crippen LogP) is 0.857. The average molecular weight is 272 g/mol. The van der Waals surface area contributed by atoms with Gasteiger partial charge in [0.15, 0.2) is 5.82 Å². The van der Waals surface area contributed by atoms with Gasteiger partial charge in [-0.1, -0.05) is 0 Å². The summed E-state index contributed by atoms with van der Waals surface area (Å²) >= 11 is 0. The van der Waals surface area contributed by atoms with Gasteiger partial charge in [-0.05, 0) is 37.9 Å². The van der Waals surface area contributed by atoms with Crippen molar-refractivity contribution < 1.29 is 4.42 Å². The third-order valence-corrected chi connectivity index (χ3v) is 4.14. The first-order valence-corrected chi connectivity index (χ1v) is 7.00. The number of anilines is 1. The molecule has 0 aromatic carbocycles. The molecule has 0 saturated carbocycles. The first kappa shape index (κ1) is 11.8. The largest absolute Gasteiger partial charge is 0.422 e. The van der Waals surface area contributed by atoms with Gasteiger partial charge in [-0.2, -0.15) is 0 Å². The Kier molecular flexibility index (Phi) is 2.84. The molecular formula is C13H16N6O. The number of aromatic nitrogens is 4. The summed E-state index contributed by atoms with van der Waals surface area (Å²) in [6.45, 7) is 2.11. The normalized spacial score (nSPS) is 25.7. The summed E-state index contributed by atoms with van der Waals surface area (Å²) in [7, 11) is 0. The van der Waals surface area contributed by atoms with E-state index in [0.29, 0.717) is 23.7 Å². The zero-order chi connectivity index (χ0) is 13.4. The molecule has 2 aromatic rings. The van der Waals surface area contributed by atoms with Gasteiger partial charge in [0.2, 0.25) is 6.39 Å². The van der Waals surface area contributed by atoms with E-state index in [1.165, 1.54) is 25.7 Å². The van der Waals surface area contributed by atoms with Crippen LogP contribution in [0, 0.1) is 0 Å². The fraction of sp³-hybridized carbons (Fsp3) is 0.538. The van der Waals surface area contributed by atoms with Crippen LogP contribution in [0.5, 0.6) is 0 Å². The fourth-order valence-electron chi connectivity index (χ4n) is 3.11. The topological polar surface area (TPSA) is 80.0 Å². The maximum atomic E-state index is 5.13. The van der Waals surface area contributed by atoms with E-state index < -0.39 is 0 Å². The molecule has 1 N–H and O–H groups in total. The van der Waals surface area contributed by atoms with Crippen molar-refractivity contribution in [2.75, 3.05) is 18.0 Å². The second-order valence-corrected chi connectivity index (χ2v) is 5.34. The summed E-state index contributed by atoms with van der Waals surface area (Å²) in [6.07, 6.45) is 4.95. The van der Waals surface area contributed by atoms with Crippen molar-refractivity contribution in [3.63, 3.8) is 0 Å². The maximum Gasteiger partial charge on any atom is 0.267 e. The molecule has 104 valence electrons. The zero-order valence-corrected chi connectivity index (χ0v) is 11.1. The molecule has 0 aliphatic carbocycles. The van der Waals surface area contributed by atoms with E-state index in [2.05, 4.69) is 30.6 Å². The second kappa shape index (κ2) is 4.82. The molecule has 5 rings (SSSR count). The number of nitrogens with one attached hydrogen (secondary N) is 1. The Morgan fingerprint density at radius 2 is 2.15 bits per heavy atom. The molecule has 2 atom stereocenters. The molecule has 20 heavy (non-hydrogen) atoms. The van der Waals surface area contributed by atoms with Gasteiger partial charge in [-0.3, -0.25) is 0 Å². The Labute approximate surface area is 116 Å². The Hall–Kier alpha value is -2.02. The molecule has 3 aliphatic heterocycles. The van der Waals surface area contributed by atoms with Gasteiger partial charge in [-0.25, -0.2) is 0 Å². The smallest absolute Gasteiger partial charge is 0.267 e. The van der Waals surface area contributed by atoms with Crippen molar-refractivity contribution in [1.29, 1.82) is 0 Å². The quantitative estimate of drug-likeness (QED) is 0.868. The van der Waals surface area contributed by atoms with Gasteiger partial charge in [0.25, 0.3) is 5.89 Å². The Morgan fingerprint density at radius 3 is 2.95 bits per heavy atom. The summed E-state index contributed by atoms with van der Waals surface area (Å²) < 4.78 is 5.13. The monoisotopic (exact) mass is 272 g/mol. The minimum absolute atomic E-state index is 0.406. The summed E-state index contributed by atoms with van der Waals surface area (Å²) in [5.41, 5.74) is 0.615. The highest BCUT2D eigenvalue weighted by Crippen LogP contribution is 2.27. The van der Waals surface area contributed by atoms with Crippen LogP contribution in [0.25, 0.3) is 11.6 Å². The van der Waals surface area contributed by atoms with Crippen molar-refractivity contribution in [3.8, 4) is 11.6 Å². The lowest BCUT2D eigenvalue weighted by atomic mass is 9.99. The number of hydrogen-bond acceptors (Lipinski definition) is 7. The molecule has 7 nitrogen and oxygen atoms in total. The molecule has 5 heterocycles. The highest BCUT2D eigenvalue weighted by molar-refractivity contribution is 5.49. The highest BCUT2D eigenvalue weighted by Gasteiger charge is 2.31. The SMILES string of the molecule is c1nnc(-c2ccc(N3CC4CCC3CCN4)nn2)o1. The standard InChI is InChI=1S/C13H16N6O/c1-2-10-5-6-14-9(1)7-19(10)12-4-3-11(16-17-12)13-18-15-8-20-13/h3-4,8-10,14H,1-2,5-7H2. The number of piperidine rings is 1. The van der Waals surface area contributed by atoms with Crippen molar-refractivity contribution in [1.82, 2.24) is 25.7 Å². The van der Waals surface area contributed by atoms with E-state index in [0.717, 1.165) is 18.9 Å². The van der Waals surface area contributed by atoms with Gasteiger partial charge in [-0.15, -0.1) is 20.4 Å². The zero-order valence-electron chi connectivity index (χ0n) is 11.1. The van der Waals surface area contributed by atoms with Crippen LogP contribution in [0.1, 0.15) is 19.3 Å². The molecule has 7 heteroatoms. The van der Waals surface area contributed by atoms with E-state index in [-0.39, 0.29) is 0 Å². The van der Waals surface area contributed by atoms with Crippen LogP contribution in [-0.2, 0) is 0 Å². The van der Waals surface area contributed by atoms with Crippen molar-refractivity contribution in [2.45, 2.75) is 31.3 Å². The van der Waals surface area contributed by atoms with Crippen LogP contribution in [0.15, 0.2) is 22.9 Å². The van der Waals surface area contributed by atoms with Gasteiger partial charge in [0.1, 0.15) is 5.69 Å². The van der Waals surface area contributed by atoms with Crippen LogP contribution in [0.4, 0.5) is 5.82 Å². The van der Waals surface area contributed by atoms with Gasteiger partial charge < -0.3 is 14.6 Å². The highest BCUT2D eigenvalue weighted by atomic mass is 16.4. The maximum absolute atomic E-state index is 5.13. The van der Waals surface area contributed by atoms with Crippen LogP contribution in [0.2, 0.25) is 0 Å². The van der Waals surface area contributed by atoms with Gasteiger partial charge in [0.05, 0.1) is 0 Å². The summed E-state index contributed by atoms with van der Waals surface area (Å²) in [5.74, 6) is 1.34. The molecule has 2 bridgehead atoms. The Morgan fingerprint density at radius 1 is 1.15 bits per heavy atom. The number of nitrogens with zero attached hydrogens (tertiary/aromatic N) is 5. The van der Waals surface area contributed by atoms with E-state index in [1.807, 2.05) is 12.1 Å². The average Bonchev–Trinajstić information content (AvgIpc) is 2.85. The third kappa shape index (κ3) is 2.03. The fourth-order valence-corrected chi connectivity index (χ4v) is 3.11. The summed E-state index contributed by atoms with van der Waals surface area (Å²) in [5, 5.41) is 19.6. The van der Waals surface area contributed by atoms with Crippen LogP contribution < -0.4 is 10.2 Å². The number of hydrogen-bond donors (Lipinski definition) is 1. The lowest BCUT2D eigenvalue weighted by molar-refractivity contribution is 0.426. The van der Waals surface area contributed by atoms with Crippen molar-refractivity contribution in [2.24, 2.45) is 0 Å². The third-order valence-electron chi connectivity index (χ3n) is 4.14. The van der Waals surface area contributed by atoms with Gasteiger partial charge >= 0.3 is 0 Å². The molecule has 3 fully saturated rings. The van der Waals surface area contributed by atoms with E-state index in [9.17, 15) is 0 Å². The van der Waals surface area contributed by atoms with E-state index >= 15 is 0 Å². The first-order chi connectivity index (χ1) is 9.90. The summed E-state index contributed by atoms with van der Waals surface area (Å²) in [4.78, 5) is 2.37. The Bertz CT molecular complexity index is 565. The van der Waals surface area contributed by atoms with Crippen LogP contribution >= 0.6 is 0 Å². The molecule has 3 aliphatic rings. The van der Waals surface area contributed by atoms with Crippen LogP contribution in [-0.4, -0.2) is 45.6 Å². The minimum atomic E-state index is 0.406. The minimum Gasteiger partial charge on any atom is -0.422 e. The second-order valence-electron chi connectivity index (χ2n) is 5.34. The molecule has 0 spiro atoms. The van der Waals surface area contributed by atoms with E-state index in [4.69, 9.17) is 4.42 Å². The van der Waals surface area contributed by atoms with E-state index in [1.54, 1.807) is 0 Å². The molecule has 2 unspecified atom stereocenters. The lowest BCUT2D eigenvalue weighted by Crippen LogP contribution is -2.46. The Balaban J connectivity index is 1.59. The van der Waals surface area contributed by atoms with Gasteiger partial charge in [0, 0.05) is 18.6 Å². The van der Waals surface area contributed by atoms with Crippen molar-refractivity contribution in [3.05, 3.63) is 18.5 Å². The molecule has 3 saturated heterocycles. The predicted molar refractivity (Wildman–Crippen MR) is 72.1 cm³/mol. The van der Waals surface area contributed by atoms with Crippen molar-refractivity contribution >= 4 is 5.82 Å².